The summed E-state index contributed by atoms with van der Waals surface area (Å²) in [5.74, 6) is 0. The minimum atomic E-state index is -0.0147. The van der Waals surface area contributed by atoms with Crippen LogP contribution in [0, 0.1) is 0 Å². The minimum Gasteiger partial charge on any atom is -0.393 e. The van der Waals surface area contributed by atoms with Crippen molar-refractivity contribution in [1.82, 2.24) is 5.32 Å². The van der Waals surface area contributed by atoms with Crippen LogP contribution in [0.3, 0.4) is 0 Å². The van der Waals surface area contributed by atoms with Gasteiger partial charge in [-0.05, 0) is 25.8 Å². The van der Waals surface area contributed by atoms with Gasteiger partial charge < -0.3 is 10.4 Å². The molecule has 0 atom stereocenters. The average Bonchev–Trinajstić information content (AvgIpc) is 1.85. The molecule has 0 aromatic rings. The molecule has 1 aliphatic rings. The molecular weight excluding hydrogens is 126 g/mol. The molecule has 0 spiro atoms. The first-order valence-corrected chi connectivity index (χ1v) is 4.24. The van der Waals surface area contributed by atoms with Crippen molar-refractivity contribution < 1.29 is 5.11 Å². The normalized spacial score (nSPS) is 31.8. The fourth-order valence-corrected chi connectivity index (χ4v) is 1.24. The largest absolute Gasteiger partial charge is 0.393 e. The molecule has 2 N–H and O–H groups in total. The van der Waals surface area contributed by atoms with Crippen molar-refractivity contribution in [2.75, 3.05) is 6.54 Å². The van der Waals surface area contributed by atoms with Crippen LogP contribution < -0.4 is 5.32 Å². The molecule has 0 unspecified atom stereocenters. The van der Waals surface area contributed by atoms with Gasteiger partial charge in [0.05, 0.1) is 6.10 Å². The van der Waals surface area contributed by atoms with E-state index in [9.17, 15) is 0 Å². The molecule has 0 aliphatic heterocycles. The Kier molecular flexibility index (Phi) is 3.16. The molecule has 1 rings (SSSR count). The molecule has 60 valence electrons. The number of rotatable bonds is 4. The lowest BCUT2D eigenvalue weighted by molar-refractivity contribution is 0.0626. The first-order chi connectivity index (χ1) is 4.83. The lowest BCUT2D eigenvalue weighted by Gasteiger charge is -2.32. The van der Waals surface area contributed by atoms with Crippen LogP contribution >= 0.6 is 0 Å². The second-order valence-corrected chi connectivity index (χ2v) is 3.13. The Balaban J connectivity index is 1.86. The Morgan fingerprint density at radius 2 is 2.20 bits per heavy atom. The van der Waals surface area contributed by atoms with Gasteiger partial charge in [-0.1, -0.05) is 13.3 Å². The Bertz CT molecular complexity index is 89.3. The van der Waals surface area contributed by atoms with E-state index in [1.807, 2.05) is 0 Å². The number of aliphatic hydroxyl groups excluding tert-OH is 1. The number of aliphatic hydroxyl groups is 1. The predicted molar refractivity (Wildman–Crippen MR) is 41.9 cm³/mol. The molecule has 1 aliphatic carbocycles. The summed E-state index contributed by atoms with van der Waals surface area (Å²) >= 11 is 0. The molecule has 10 heavy (non-hydrogen) atoms. The fourth-order valence-electron chi connectivity index (χ4n) is 1.24. The van der Waals surface area contributed by atoms with Crippen LogP contribution in [-0.4, -0.2) is 23.8 Å². The van der Waals surface area contributed by atoms with Crippen LogP contribution in [0.4, 0.5) is 0 Å². The molecule has 0 aromatic carbocycles. The van der Waals surface area contributed by atoms with E-state index in [1.165, 1.54) is 12.8 Å². The zero-order valence-corrected chi connectivity index (χ0v) is 6.64. The summed E-state index contributed by atoms with van der Waals surface area (Å²) < 4.78 is 0. The van der Waals surface area contributed by atoms with Crippen LogP contribution in [0.15, 0.2) is 0 Å². The number of unbranched alkanes of at least 4 members (excludes halogenated alkanes) is 1. The third-order valence-electron chi connectivity index (χ3n) is 2.08. The molecule has 2 heteroatoms. The van der Waals surface area contributed by atoms with Gasteiger partial charge in [-0.2, -0.15) is 0 Å². The smallest absolute Gasteiger partial charge is 0.0570 e. The average molecular weight is 143 g/mol. The van der Waals surface area contributed by atoms with Gasteiger partial charge in [0.25, 0.3) is 0 Å². The van der Waals surface area contributed by atoms with Crippen LogP contribution in [0.2, 0.25) is 0 Å². The van der Waals surface area contributed by atoms with E-state index in [1.54, 1.807) is 0 Å². The monoisotopic (exact) mass is 143 g/mol. The van der Waals surface area contributed by atoms with E-state index in [4.69, 9.17) is 5.11 Å². The van der Waals surface area contributed by atoms with E-state index in [0.717, 1.165) is 19.4 Å². The van der Waals surface area contributed by atoms with Gasteiger partial charge in [0.1, 0.15) is 0 Å². The van der Waals surface area contributed by atoms with Crippen molar-refractivity contribution in [2.24, 2.45) is 0 Å². The minimum absolute atomic E-state index is 0.0147. The Labute approximate surface area is 62.6 Å². The predicted octanol–water partition coefficient (Wildman–Crippen LogP) is 0.899. The van der Waals surface area contributed by atoms with Gasteiger partial charge in [-0.25, -0.2) is 0 Å². The Morgan fingerprint density at radius 3 is 2.70 bits per heavy atom. The van der Waals surface area contributed by atoms with Crippen LogP contribution in [-0.2, 0) is 0 Å². The molecule has 0 amide bonds. The molecule has 0 saturated heterocycles. The first-order valence-electron chi connectivity index (χ1n) is 4.24. The summed E-state index contributed by atoms with van der Waals surface area (Å²) in [5, 5.41) is 12.3. The number of hydrogen-bond donors (Lipinski definition) is 2. The topological polar surface area (TPSA) is 32.3 Å². The van der Waals surface area contributed by atoms with E-state index in [-0.39, 0.29) is 6.10 Å². The number of nitrogens with one attached hydrogen (secondary N) is 1. The highest BCUT2D eigenvalue weighted by atomic mass is 16.3. The summed E-state index contributed by atoms with van der Waals surface area (Å²) in [6, 6.07) is 0.613. The third kappa shape index (κ3) is 2.27. The summed E-state index contributed by atoms with van der Waals surface area (Å²) in [7, 11) is 0. The van der Waals surface area contributed by atoms with Crippen molar-refractivity contribution in [3.63, 3.8) is 0 Å². The molecule has 1 fully saturated rings. The van der Waals surface area contributed by atoms with E-state index in [0.29, 0.717) is 6.04 Å². The summed E-state index contributed by atoms with van der Waals surface area (Å²) in [6.07, 6.45) is 4.42. The molecule has 0 aromatic heterocycles. The highest BCUT2D eigenvalue weighted by Gasteiger charge is 2.25. The highest BCUT2D eigenvalue weighted by molar-refractivity contribution is 4.84. The quantitative estimate of drug-likeness (QED) is 0.573. The Morgan fingerprint density at radius 1 is 1.50 bits per heavy atom. The van der Waals surface area contributed by atoms with Crippen molar-refractivity contribution in [2.45, 2.75) is 44.8 Å². The second-order valence-electron chi connectivity index (χ2n) is 3.13. The lowest BCUT2D eigenvalue weighted by Crippen LogP contribution is -2.44. The van der Waals surface area contributed by atoms with Gasteiger partial charge in [0.2, 0.25) is 0 Å². The van der Waals surface area contributed by atoms with Crippen molar-refractivity contribution >= 4 is 0 Å². The maximum Gasteiger partial charge on any atom is 0.0570 e. The van der Waals surface area contributed by atoms with Crippen molar-refractivity contribution in [1.29, 1.82) is 0 Å². The molecule has 0 heterocycles. The summed E-state index contributed by atoms with van der Waals surface area (Å²) in [4.78, 5) is 0. The van der Waals surface area contributed by atoms with Crippen LogP contribution in [0.25, 0.3) is 0 Å². The van der Waals surface area contributed by atoms with Crippen LogP contribution in [0.5, 0.6) is 0 Å². The lowest BCUT2D eigenvalue weighted by atomic mass is 9.89. The zero-order valence-electron chi connectivity index (χ0n) is 6.64. The van der Waals surface area contributed by atoms with Gasteiger partial charge >= 0.3 is 0 Å². The SMILES string of the molecule is CCCCNC1CC(O)C1. The molecular formula is C8H17NO. The highest BCUT2D eigenvalue weighted by Crippen LogP contribution is 2.18. The second kappa shape index (κ2) is 3.94. The summed E-state index contributed by atoms with van der Waals surface area (Å²) in [6.45, 7) is 3.31. The van der Waals surface area contributed by atoms with Gasteiger partial charge in [-0.15, -0.1) is 0 Å². The molecule has 2 nitrogen and oxygen atoms in total. The van der Waals surface area contributed by atoms with Crippen molar-refractivity contribution in [3.05, 3.63) is 0 Å². The van der Waals surface area contributed by atoms with Crippen molar-refractivity contribution in [3.8, 4) is 0 Å². The molecule has 1 saturated carbocycles. The maximum atomic E-state index is 8.93. The number of hydrogen-bond acceptors (Lipinski definition) is 2. The summed E-state index contributed by atoms with van der Waals surface area (Å²) in [5.41, 5.74) is 0. The van der Waals surface area contributed by atoms with Crippen LogP contribution in [0.1, 0.15) is 32.6 Å². The van der Waals surface area contributed by atoms with E-state index >= 15 is 0 Å². The van der Waals surface area contributed by atoms with Gasteiger partial charge in [-0.3, -0.25) is 0 Å². The third-order valence-corrected chi connectivity index (χ3v) is 2.08. The molecule has 0 bridgehead atoms. The van der Waals surface area contributed by atoms with E-state index < -0.39 is 0 Å². The standard InChI is InChI=1S/C8H17NO/c1-2-3-4-9-7-5-8(10)6-7/h7-10H,2-6H2,1H3. The molecule has 0 radical (unpaired) electrons. The van der Waals surface area contributed by atoms with Gasteiger partial charge in [0, 0.05) is 6.04 Å². The zero-order chi connectivity index (χ0) is 7.40. The Hall–Kier alpha value is -0.0800. The fraction of sp³-hybridized carbons (Fsp3) is 1.00. The van der Waals surface area contributed by atoms with E-state index in [2.05, 4.69) is 12.2 Å². The van der Waals surface area contributed by atoms with Gasteiger partial charge in [0.15, 0.2) is 0 Å². The maximum absolute atomic E-state index is 8.93. The first kappa shape index (κ1) is 8.02.